The van der Waals surface area contributed by atoms with Crippen LogP contribution in [0.5, 0.6) is 0 Å². The minimum atomic E-state index is -0.260. The summed E-state index contributed by atoms with van der Waals surface area (Å²) in [5.74, 6) is 0. The monoisotopic (exact) mass is 283 g/mol. The van der Waals surface area contributed by atoms with Crippen molar-refractivity contribution in [1.29, 1.82) is 0 Å². The van der Waals surface area contributed by atoms with Crippen LogP contribution in [0.25, 0.3) is 0 Å². The Bertz CT molecular complexity index is 292. The van der Waals surface area contributed by atoms with Crippen LogP contribution in [0.15, 0.2) is 30.3 Å². The smallest absolute Gasteiger partial charge is 0.138 e. The molecule has 0 radical (unpaired) electrons. The molecule has 1 aliphatic rings. The zero-order valence-electron chi connectivity index (χ0n) is 12.8. The fraction of sp³-hybridized carbons (Fsp3) is 0.600. The second kappa shape index (κ2) is 11.0. The molecule has 0 saturated heterocycles. The van der Waals surface area contributed by atoms with Crippen LogP contribution in [0, 0.1) is 0 Å². The van der Waals surface area contributed by atoms with Gasteiger partial charge in [0, 0.05) is 18.9 Å². The van der Waals surface area contributed by atoms with E-state index in [-0.39, 0.29) is 5.41 Å². The number of hydrogen-bond donors (Lipinski definition) is 1. The lowest BCUT2D eigenvalue weighted by molar-refractivity contribution is -0.160. The first kappa shape index (κ1) is 18.2. The van der Waals surface area contributed by atoms with Gasteiger partial charge in [-0.05, 0) is 32.9 Å². The Hall–Kier alpha value is -0.843. The van der Waals surface area contributed by atoms with Crippen molar-refractivity contribution in [3.8, 4) is 0 Å². The Morgan fingerprint density at radius 2 is 1.47 bits per heavy atom. The molecule has 1 aromatic carbocycles. The van der Waals surface area contributed by atoms with E-state index in [4.69, 9.17) is 15.2 Å². The summed E-state index contributed by atoms with van der Waals surface area (Å²) in [6.07, 6.45) is 4.50. The van der Waals surface area contributed by atoms with Crippen LogP contribution in [0.3, 0.4) is 0 Å². The number of para-hydroxylation sites is 1. The molecule has 110 valence electrons. The summed E-state index contributed by atoms with van der Waals surface area (Å²) in [4.78, 5) is 0. The summed E-state index contributed by atoms with van der Waals surface area (Å²) in [6.45, 7) is 7.41. The highest BCUT2D eigenvalue weighted by molar-refractivity contribution is 6.13. The van der Waals surface area contributed by atoms with Crippen molar-refractivity contribution in [3.05, 3.63) is 30.3 Å². The normalized spacial score (nSPS) is 12.8. The maximum Gasteiger partial charge on any atom is 0.138 e. The molecule has 3 nitrogen and oxygen atoms in total. The first-order valence-electron chi connectivity index (χ1n) is 7.10. The quantitative estimate of drug-likeness (QED) is 0.525. The SMILES string of the molecule is C1CC1.CCOC(C)([SiH3])OCC.Nc1ccccc1. The molecule has 0 heterocycles. The van der Waals surface area contributed by atoms with Gasteiger partial charge in [-0.3, -0.25) is 0 Å². The van der Waals surface area contributed by atoms with Gasteiger partial charge < -0.3 is 15.2 Å². The molecule has 2 N–H and O–H groups in total. The van der Waals surface area contributed by atoms with E-state index in [2.05, 4.69) is 0 Å². The van der Waals surface area contributed by atoms with Crippen LogP contribution in [0.2, 0.25) is 0 Å². The minimum absolute atomic E-state index is 0.260. The molecule has 1 aliphatic carbocycles. The van der Waals surface area contributed by atoms with Crippen LogP contribution in [-0.4, -0.2) is 28.9 Å². The second-order valence-electron chi connectivity index (χ2n) is 4.74. The van der Waals surface area contributed by atoms with E-state index in [1.54, 1.807) is 0 Å². The van der Waals surface area contributed by atoms with Gasteiger partial charge in [-0.15, -0.1) is 0 Å². The Morgan fingerprint density at radius 3 is 1.68 bits per heavy atom. The van der Waals surface area contributed by atoms with Crippen molar-refractivity contribution in [2.45, 2.75) is 45.4 Å². The van der Waals surface area contributed by atoms with Gasteiger partial charge in [-0.1, -0.05) is 37.5 Å². The van der Waals surface area contributed by atoms with E-state index in [1.165, 1.54) is 19.3 Å². The van der Waals surface area contributed by atoms with Gasteiger partial charge >= 0.3 is 0 Å². The molecule has 0 aromatic heterocycles. The number of ether oxygens (including phenoxy) is 2. The highest BCUT2D eigenvalue weighted by Gasteiger charge is 2.15. The van der Waals surface area contributed by atoms with Crippen molar-refractivity contribution >= 4 is 15.9 Å². The summed E-state index contributed by atoms with van der Waals surface area (Å²) in [6, 6.07) is 9.49. The first-order chi connectivity index (χ1) is 9.02. The van der Waals surface area contributed by atoms with E-state index in [0.717, 1.165) is 29.1 Å². The van der Waals surface area contributed by atoms with Crippen molar-refractivity contribution in [1.82, 2.24) is 0 Å². The van der Waals surface area contributed by atoms with Gasteiger partial charge in [0.1, 0.15) is 5.41 Å². The molecule has 1 aromatic rings. The molecular formula is C15H29NO2Si. The molecule has 2 rings (SSSR count). The lowest BCUT2D eigenvalue weighted by Crippen LogP contribution is -2.32. The highest BCUT2D eigenvalue weighted by atomic mass is 28.1. The molecule has 0 atom stereocenters. The molecule has 19 heavy (non-hydrogen) atoms. The number of nitrogens with two attached hydrogens (primary N) is 1. The summed E-state index contributed by atoms with van der Waals surface area (Å²) in [7, 11) is 0.923. The Balaban J connectivity index is 0.000000283. The highest BCUT2D eigenvalue weighted by Crippen LogP contribution is 2.14. The van der Waals surface area contributed by atoms with Crippen molar-refractivity contribution in [2.75, 3.05) is 18.9 Å². The zero-order valence-corrected chi connectivity index (χ0v) is 14.8. The molecule has 0 unspecified atom stereocenters. The van der Waals surface area contributed by atoms with Crippen LogP contribution in [0.1, 0.15) is 40.0 Å². The molecule has 0 amide bonds. The number of hydrogen-bond acceptors (Lipinski definition) is 3. The molecule has 1 saturated carbocycles. The van der Waals surface area contributed by atoms with Crippen LogP contribution < -0.4 is 5.73 Å². The molecular weight excluding hydrogens is 254 g/mol. The number of rotatable bonds is 4. The molecule has 0 bridgehead atoms. The lowest BCUT2D eigenvalue weighted by atomic mass is 10.3. The lowest BCUT2D eigenvalue weighted by Gasteiger charge is -2.24. The Kier molecular flexibility index (Phi) is 10.5. The van der Waals surface area contributed by atoms with E-state index in [1.807, 2.05) is 51.1 Å². The number of benzene rings is 1. The fourth-order valence-electron chi connectivity index (χ4n) is 1.19. The summed E-state index contributed by atoms with van der Waals surface area (Å²) in [5.41, 5.74) is 5.92. The zero-order chi connectivity index (χ0) is 14.6. The third-order valence-electron chi connectivity index (χ3n) is 2.14. The van der Waals surface area contributed by atoms with Gasteiger partial charge in [-0.25, -0.2) is 0 Å². The predicted molar refractivity (Wildman–Crippen MR) is 86.3 cm³/mol. The van der Waals surface area contributed by atoms with E-state index in [9.17, 15) is 0 Å². The maximum atomic E-state index is 5.36. The third kappa shape index (κ3) is 15.1. The molecule has 0 spiro atoms. The summed E-state index contributed by atoms with van der Waals surface area (Å²) >= 11 is 0. The van der Waals surface area contributed by atoms with Gasteiger partial charge in [-0.2, -0.15) is 0 Å². The summed E-state index contributed by atoms with van der Waals surface area (Å²) in [5, 5.41) is 0. The topological polar surface area (TPSA) is 44.5 Å². The predicted octanol–water partition coefficient (Wildman–Crippen LogP) is 2.54. The van der Waals surface area contributed by atoms with Gasteiger partial charge in [0.05, 0.1) is 10.2 Å². The van der Waals surface area contributed by atoms with Crippen molar-refractivity contribution in [2.24, 2.45) is 0 Å². The average Bonchev–Trinajstić information content (AvgIpc) is 3.18. The Morgan fingerprint density at radius 1 is 1.05 bits per heavy atom. The van der Waals surface area contributed by atoms with Crippen LogP contribution in [-0.2, 0) is 9.47 Å². The van der Waals surface area contributed by atoms with Crippen LogP contribution in [0.4, 0.5) is 5.69 Å². The Labute approximate surface area is 120 Å². The molecule has 0 aliphatic heterocycles. The number of anilines is 1. The van der Waals surface area contributed by atoms with E-state index in [0.29, 0.717) is 0 Å². The van der Waals surface area contributed by atoms with Crippen molar-refractivity contribution < 1.29 is 9.47 Å². The van der Waals surface area contributed by atoms with E-state index < -0.39 is 0 Å². The fourth-order valence-corrected chi connectivity index (χ4v) is 1.77. The standard InChI is InChI=1S/C6H7N.C6H16O2Si.C3H6/c7-6-4-2-1-3-5-6;1-4-7-6(3,9)8-5-2;1-2-3-1/h1-5H,7H2;4-5H2,1-3,9H3;1-3H2. The van der Waals surface area contributed by atoms with Gasteiger partial charge in [0.25, 0.3) is 0 Å². The minimum Gasteiger partial charge on any atom is -0.399 e. The van der Waals surface area contributed by atoms with Crippen molar-refractivity contribution in [3.63, 3.8) is 0 Å². The van der Waals surface area contributed by atoms with Gasteiger partial charge in [0.2, 0.25) is 0 Å². The molecule has 4 heteroatoms. The van der Waals surface area contributed by atoms with Crippen LogP contribution >= 0.6 is 0 Å². The summed E-state index contributed by atoms with van der Waals surface area (Å²) < 4.78 is 10.6. The third-order valence-corrected chi connectivity index (χ3v) is 2.71. The van der Waals surface area contributed by atoms with E-state index >= 15 is 0 Å². The second-order valence-corrected chi connectivity index (χ2v) is 6.55. The average molecular weight is 283 g/mol. The van der Waals surface area contributed by atoms with Gasteiger partial charge in [0.15, 0.2) is 0 Å². The molecule has 1 fully saturated rings. The first-order valence-corrected chi connectivity index (χ1v) is 8.10. The maximum absolute atomic E-state index is 5.36. The number of nitrogen functional groups attached to an aromatic ring is 1. The largest absolute Gasteiger partial charge is 0.399 e.